The van der Waals surface area contributed by atoms with E-state index in [-0.39, 0.29) is 0 Å². The normalized spacial score (nSPS) is 25.3. The maximum atomic E-state index is 5.99. The summed E-state index contributed by atoms with van der Waals surface area (Å²) in [4.78, 5) is 9.27. The van der Waals surface area contributed by atoms with Crippen molar-refractivity contribution in [2.75, 3.05) is 38.6 Å². The van der Waals surface area contributed by atoms with Gasteiger partial charge < -0.3 is 10.5 Å². The van der Waals surface area contributed by atoms with Crippen LogP contribution in [0.4, 0.5) is 5.82 Å². The van der Waals surface area contributed by atoms with E-state index >= 15 is 0 Å². The van der Waals surface area contributed by atoms with Crippen molar-refractivity contribution >= 4 is 5.82 Å². The molecule has 0 spiro atoms. The van der Waals surface area contributed by atoms with E-state index in [9.17, 15) is 0 Å². The summed E-state index contributed by atoms with van der Waals surface area (Å²) in [6, 6.07) is 15.5. The van der Waals surface area contributed by atoms with Gasteiger partial charge in [0.05, 0.1) is 19.3 Å². The third kappa shape index (κ3) is 3.15. The van der Waals surface area contributed by atoms with Crippen LogP contribution in [0.5, 0.6) is 0 Å². The molecule has 2 aliphatic rings. The number of piperazine rings is 1. The summed E-state index contributed by atoms with van der Waals surface area (Å²) in [5, 5.41) is 0. The number of anilines is 1. The van der Waals surface area contributed by atoms with E-state index in [1.807, 2.05) is 6.07 Å². The molecule has 0 unspecified atom stereocenters. The summed E-state index contributed by atoms with van der Waals surface area (Å²) in [5.41, 5.74) is 8.46. The molecule has 3 heterocycles. The Morgan fingerprint density at radius 2 is 1.96 bits per heavy atom. The summed E-state index contributed by atoms with van der Waals surface area (Å²) in [6.45, 7) is 5.58. The average molecular weight is 324 g/mol. The number of morpholine rings is 1. The van der Waals surface area contributed by atoms with Crippen molar-refractivity contribution in [3.63, 3.8) is 0 Å². The lowest BCUT2D eigenvalue weighted by atomic mass is 10.00. The minimum atomic E-state index is 0.371. The second kappa shape index (κ2) is 6.89. The Bertz CT molecular complexity index is 678. The highest BCUT2D eigenvalue weighted by Gasteiger charge is 2.36. The zero-order valence-electron chi connectivity index (χ0n) is 13.8. The molecule has 5 heteroatoms. The van der Waals surface area contributed by atoms with E-state index in [0.29, 0.717) is 17.9 Å². The zero-order chi connectivity index (χ0) is 16.4. The van der Waals surface area contributed by atoms with Crippen LogP contribution in [0, 0.1) is 0 Å². The highest BCUT2D eigenvalue weighted by atomic mass is 16.5. The molecule has 0 bridgehead atoms. The predicted molar refractivity (Wildman–Crippen MR) is 94.4 cm³/mol. The second-order valence-corrected chi connectivity index (χ2v) is 6.64. The molecule has 1 aromatic carbocycles. The monoisotopic (exact) mass is 324 g/mol. The van der Waals surface area contributed by atoms with Crippen molar-refractivity contribution in [2.45, 2.75) is 18.6 Å². The summed E-state index contributed by atoms with van der Waals surface area (Å²) in [6.07, 6.45) is 1.75. The predicted octanol–water partition coefficient (Wildman–Crippen LogP) is 1.92. The lowest BCUT2D eigenvalue weighted by Gasteiger charge is -2.48. The molecular formula is C19H24N4O. The van der Waals surface area contributed by atoms with E-state index in [1.165, 1.54) is 5.56 Å². The van der Waals surface area contributed by atoms with Crippen LogP contribution in [-0.4, -0.2) is 53.7 Å². The topological polar surface area (TPSA) is 54.6 Å². The Hall–Kier alpha value is -1.95. The van der Waals surface area contributed by atoms with Gasteiger partial charge in [0.2, 0.25) is 0 Å². The third-order valence-corrected chi connectivity index (χ3v) is 5.10. The molecule has 0 radical (unpaired) electrons. The highest BCUT2D eigenvalue weighted by Crippen LogP contribution is 2.30. The van der Waals surface area contributed by atoms with Crippen LogP contribution in [0.15, 0.2) is 48.7 Å². The van der Waals surface area contributed by atoms with Crippen molar-refractivity contribution in [3.05, 3.63) is 59.8 Å². The number of hydrogen-bond donors (Lipinski definition) is 1. The second-order valence-electron chi connectivity index (χ2n) is 6.64. The number of fused-ring (bicyclic) bond motifs is 1. The minimum Gasteiger partial charge on any atom is -0.383 e. The smallest absolute Gasteiger partial charge is 0.127 e. The van der Waals surface area contributed by atoms with Crippen LogP contribution in [-0.2, 0) is 11.3 Å². The van der Waals surface area contributed by atoms with Gasteiger partial charge in [0.25, 0.3) is 0 Å². The van der Waals surface area contributed by atoms with Crippen molar-refractivity contribution in [2.24, 2.45) is 0 Å². The van der Waals surface area contributed by atoms with Gasteiger partial charge in [-0.05, 0) is 11.6 Å². The fraction of sp³-hybridized carbons (Fsp3) is 0.421. The van der Waals surface area contributed by atoms with Gasteiger partial charge in [-0.25, -0.2) is 4.98 Å². The Kier molecular flexibility index (Phi) is 4.47. The van der Waals surface area contributed by atoms with Crippen molar-refractivity contribution in [3.8, 4) is 0 Å². The van der Waals surface area contributed by atoms with Crippen LogP contribution < -0.4 is 5.73 Å². The Morgan fingerprint density at radius 1 is 1.08 bits per heavy atom. The number of benzene rings is 1. The maximum absolute atomic E-state index is 5.99. The van der Waals surface area contributed by atoms with Crippen molar-refractivity contribution in [1.29, 1.82) is 0 Å². The molecule has 2 aliphatic heterocycles. The molecule has 24 heavy (non-hydrogen) atoms. The molecule has 2 atom stereocenters. The molecule has 126 valence electrons. The van der Waals surface area contributed by atoms with Crippen LogP contribution in [0.2, 0.25) is 0 Å². The Morgan fingerprint density at radius 3 is 2.79 bits per heavy atom. The van der Waals surface area contributed by atoms with Gasteiger partial charge in [0.1, 0.15) is 5.82 Å². The van der Waals surface area contributed by atoms with Gasteiger partial charge in [-0.3, -0.25) is 9.80 Å². The molecule has 2 fully saturated rings. The lowest BCUT2D eigenvalue weighted by Crippen LogP contribution is -2.58. The summed E-state index contributed by atoms with van der Waals surface area (Å²) >= 11 is 0. The van der Waals surface area contributed by atoms with E-state index in [4.69, 9.17) is 10.5 Å². The first kappa shape index (κ1) is 15.6. The molecule has 2 N–H and O–H groups in total. The average Bonchev–Trinajstić information content (AvgIpc) is 2.64. The quantitative estimate of drug-likeness (QED) is 0.935. The van der Waals surface area contributed by atoms with E-state index < -0.39 is 0 Å². The van der Waals surface area contributed by atoms with Gasteiger partial charge >= 0.3 is 0 Å². The van der Waals surface area contributed by atoms with Crippen LogP contribution in [0.3, 0.4) is 0 Å². The summed E-state index contributed by atoms with van der Waals surface area (Å²) in [7, 11) is 0. The third-order valence-electron chi connectivity index (χ3n) is 5.10. The number of nitrogens with two attached hydrogens (primary N) is 1. The van der Waals surface area contributed by atoms with E-state index in [1.54, 1.807) is 6.20 Å². The fourth-order valence-electron chi connectivity index (χ4n) is 3.84. The molecule has 2 aromatic rings. The molecule has 0 saturated carbocycles. The molecular weight excluding hydrogens is 300 g/mol. The van der Waals surface area contributed by atoms with Crippen LogP contribution in [0.25, 0.3) is 0 Å². The number of ether oxygens (including phenoxy) is 1. The molecule has 0 amide bonds. The molecule has 4 rings (SSSR count). The van der Waals surface area contributed by atoms with Crippen LogP contribution in [0.1, 0.15) is 17.2 Å². The van der Waals surface area contributed by atoms with Crippen molar-refractivity contribution in [1.82, 2.24) is 14.8 Å². The highest BCUT2D eigenvalue weighted by molar-refractivity contribution is 5.38. The number of pyridine rings is 1. The number of hydrogen-bond acceptors (Lipinski definition) is 5. The summed E-state index contributed by atoms with van der Waals surface area (Å²) in [5.74, 6) is 0.641. The molecule has 2 saturated heterocycles. The van der Waals surface area contributed by atoms with Gasteiger partial charge in [0.15, 0.2) is 0 Å². The molecule has 1 aromatic heterocycles. The van der Waals surface area contributed by atoms with E-state index in [2.05, 4.69) is 51.2 Å². The first-order valence-electron chi connectivity index (χ1n) is 8.61. The fourth-order valence-corrected chi connectivity index (χ4v) is 3.84. The lowest BCUT2D eigenvalue weighted by molar-refractivity contribution is -0.0835. The van der Waals surface area contributed by atoms with Gasteiger partial charge in [-0.2, -0.15) is 0 Å². The minimum absolute atomic E-state index is 0.371. The number of aromatic nitrogens is 1. The first-order valence-corrected chi connectivity index (χ1v) is 8.61. The standard InChI is InChI=1S/C19H24N4O/c20-19-16(7-4-8-21-19)11-22-9-10-23-17(12-22)13-24-14-18(23)15-5-2-1-3-6-15/h1-8,17-18H,9-14H2,(H2,20,21)/t17-,18-/m1/s1. The van der Waals surface area contributed by atoms with Gasteiger partial charge in [0, 0.05) is 44.0 Å². The molecule has 0 aliphatic carbocycles. The Labute approximate surface area is 143 Å². The Balaban J connectivity index is 1.45. The zero-order valence-corrected chi connectivity index (χ0v) is 13.8. The van der Waals surface area contributed by atoms with Crippen molar-refractivity contribution < 1.29 is 4.74 Å². The van der Waals surface area contributed by atoms with E-state index in [0.717, 1.165) is 45.0 Å². The SMILES string of the molecule is Nc1ncccc1CN1CCN2[C@@H](COC[C@@H]2c2ccccc2)C1. The number of rotatable bonds is 3. The largest absolute Gasteiger partial charge is 0.383 e. The maximum Gasteiger partial charge on any atom is 0.127 e. The van der Waals surface area contributed by atoms with Gasteiger partial charge in [-0.15, -0.1) is 0 Å². The number of nitrogen functional groups attached to an aromatic ring is 1. The number of nitrogens with zero attached hydrogens (tertiary/aromatic N) is 3. The first-order chi connectivity index (χ1) is 11.8. The van der Waals surface area contributed by atoms with Gasteiger partial charge in [-0.1, -0.05) is 36.4 Å². The summed E-state index contributed by atoms with van der Waals surface area (Å²) < 4.78 is 5.92. The molecule has 5 nitrogen and oxygen atoms in total. The van der Waals surface area contributed by atoms with Crippen LogP contribution >= 0.6 is 0 Å².